The zero-order valence-corrected chi connectivity index (χ0v) is 39.3. The molecule has 0 bridgehead atoms. The predicted octanol–water partition coefficient (Wildman–Crippen LogP) is 6.06. The van der Waals surface area contributed by atoms with Crippen LogP contribution in [0.3, 0.4) is 0 Å². The van der Waals surface area contributed by atoms with Gasteiger partial charge in [-0.1, -0.05) is 72.8 Å². The molecule has 9 rings (SSSR count). The summed E-state index contributed by atoms with van der Waals surface area (Å²) in [5, 5.41) is 13.8. The average molecular weight is 976 g/mol. The topological polar surface area (TPSA) is 239 Å². The number of aryl methyl sites for hydroxylation is 1. The van der Waals surface area contributed by atoms with Crippen LogP contribution in [0, 0.1) is 6.92 Å². The third-order valence-electron chi connectivity index (χ3n) is 12.2. The molecule has 5 heterocycles. The summed E-state index contributed by atoms with van der Waals surface area (Å²) in [6, 6.07) is 33.4. The number of H-pyrrole nitrogens is 1. The van der Waals surface area contributed by atoms with Gasteiger partial charge < -0.3 is 47.9 Å². The molecule has 1 unspecified atom stereocenters. The van der Waals surface area contributed by atoms with Crippen molar-refractivity contribution in [1.29, 1.82) is 0 Å². The molecule has 7 atom stereocenters. The van der Waals surface area contributed by atoms with Gasteiger partial charge >= 0.3 is 13.3 Å². The first-order chi connectivity index (χ1) is 33.9. The molecule has 2 saturated heterocycles. The van der Waals surface area contributed by atoms with Crippen LogP contribution in [0.15, 0.2) is 138 Å². The molecule has 4 aromatic carbocycles. The number of benzene rings is 4. The Morgan fingerprint density at radius 3 is 2.10 bits per heavy atom. The molecule has 2 aliphatic rings. The van der Waals surface area contributed by atoms with Crippen molar-refractivity contribution < 1.29 is 51.9 Å². The molecule has 2 fully saturated rings. The standard InChI is InChI=1S/C49H50N7O13P/c1-30-25-55(48(60)54-45(30)58)40-23-37(57)47(68-40)65-29-70(61,64-4)69-38-24-41(56-28-52-42-43(50-27-51-44(42)56)53-46(59)31-11-7-5-8-12-31)67-39(38)26-66-49(32-13-9-6-10-14-32,33-15-19-35(62-2)20-16-33)34-17-21-36(63-3)22-18-34/h5-22,25,27-28,37-41,47,57H,23-24,26,29H2,1-4H3,(H,54,58,60)(H,50,51,53,59)/t37-,38-,39-,40-,41-,47+,70?/m1/s1. The van der Waals surface area contributed by atoms with E-state index in [0.29, 0.717) is 28.2 Å². The molecule has 3 aromatic heterocycles. The Labute approximate surface area is 400 Å². The monoisotopic (exact) mass is 975 g/mol. The first-order valence-corrected chi connectivity index (χ1v) is 23.9. The summed E-state index contributed by atoms with van der Waals surface area (Å²) in [7, 11) is 0.153. The van der Waals surface area contributed by atoms with E-state index >= 15 is 0 Å². The van der Waals surface area contributed by atoms with Gasteiger partial charge in [0.2, 0.25) is 0 Å². The highest BCUT2D eigenvalue weighted by Gasteiger charge is 2.47. The number of fused-ring (bicyclic) bond motifs is 1. The molecule has 0 radical (unpaired) electrons. The van der Waals surface area contributed by atoms with Gasteiger partial charge in [-0.15, -0.1) is 0 Å². The Bertz CT molecular complexity index is 3050. The van der Waals surface area contributed by atoms with E-state index in [1.54, 1.807) is 43.1 Å². The van der Waals surface area contributed by atoms with Crippen molar-refractivity contribution in [2.45, 2.75) is 62.4 Å². The fourth-order valence-corrected chi connectivity index (χ4v) is 9.80. The number of nitrogens with zero attached hydrogens (tertiary/aromatic N) is 5. The molecule has 0 aliphatic carbocycles. The van der Waals surface area contributed by atoms with Gasteiger partial charge in [-0.2, -0.15) is 0 Å². The van der Waals surface area contributed by atoms with E-state index in [2.05, 4.69) is 25.3 Å². The smallest absolute Gasteiger partial charge is 0.356 e. The lowest BCUT2D eigenvalue weighted by atomic mass is 9.80. The number of amides is 1. The van der Waals surface area contributed by atoms with Crippen LogP contribution >= 0.6 is 7.60 Å². The Hall–Kier alpha value is -6.87. The van der Waals surface area contributed by atoms with E-state index < -0.39 is 73.8 Å². The lowest BCUT2D eigenvalue weighted by molar-refractivity contribution is -0.169. The van der Waals surface area contributed by atoms with Gasteiger partial charge in [0.1, 0.15) is 54.2 Å². The lowest BCUT2D eigenvalue weighted by Gasteiger charge is -2.37. The van der Waals surface area contributed by atoms with Crippen LogP contribution in [0.1, 0.15) is 57.9 Å². The number of carbonyl (C=O) groups is 1. The molecule has 2 aliphatic heterocycles. The molecule has 364 valence electrons. The van der Waals surface area contributed by atoms with Crippen LogP contribution < -0.4 is 26.0 Å². The molecule has 21 heteroatoms. The van der Waals surface area contributed by atoms with Crippen molar-refractivity contribution in [3.05, 3.63) is 177 Å². The zero-order valence-electron chi connectivity index (χ0n) is 38.4. The van der Waals surface area contributed by atoms with Crippen LogP contribution in [0.4, 0.5) is 5.82 Å². The fraction of sp³-hybridized carbons (Fsp3) is 0.306. The first kappa shape index (κ1) is 48.2. The van der Waals surface area contributed by atoms with Gasteiger partial charge in [-0.05, 0) is 60.0 Å². The van der Waals surface area contributed by atoms with E-state index in [4.69, 9.17) is 37.5 Å². The van der Waals surface area contributed by atoms with Crippen LogP contribution in [-0.4, -0.2) is 99.0 Å². The number of aliphatic hydroxyl groups is 1. The maximum Gasteiger partial charge on any atom is 0.356 e. The van der Waals surface area contributed by atoms with Crippen LogP contribution in [-0.2, 0) is 38.2 Å². The molecular formula is C49H50N7O13P. The number of carbonyl (C=O) groups excluding carboxylic acids is 1. The number of aliphatic hydroxyl groups excluding tert-OH is 1. The number of methoxy groups -OCH3 is 2. The van der Waals surface area contributed by atoms with Crippen molar-refractivity contribution in [2.75, 3.05) is 39.6 Å². The number of ether oxygens (including phenoxy) is 6. The van der Waals surface area contributed by atoms with Crippen LogP contribution in [0.5, 0.6) is 11.5 Å². The van der Waals surface area contributed by atoms with Gasteiger partial charge in [0.15, 0.2) is 29.6 Å². The molecule has 0 spiro atoms. The highest BCUT2D eigenvalue weighted by molar-refractivity contribution is 7.53. The van der Waals surface area contributed by atoms with Gasteiger partial charge in [0.05, 0.1) is 27.2 Å². The number of hydrogen-bond acceptors (Lipinski definition) is 16. The van der Waals surface area contributed by atoms with E-state index in [1.807, 2.05) is 84.9 Å². The number of aromatic amines is 1. The number of aromatic nitrogens is 6. The van der Waals surface area contributed by atoms with Gasteiger partial charge in [-0.3, -0.25) is 28.3 Å². The minimum absolute atomic E-state index is 0.0606. The zero-order chi connectivity index (χ0) is 49.0. The summed E-state index contributed by atoms with van der Waals surface area (Å²) in [6.07, 6.45) is -2.98. The Morgan fingerprint density at radius 1 is 0.829 bits per heavy atom. The summed E-state index contributed by atoms with van der Waals surface area (Å²) in [6.45, 7) is 1.38. The Morgan fingerprint density at radius 2 is 1.46 bits per heavy atom. The molecule has 1 amide bonds. The minimum atomic E-state index is -4.23. The van der Waals surface area contributed by atoms with E-state index in [9.17, 15) is 24.1 Å². The predicted molar refractivity (Wildman–Crippen MR) is 253 cm³/mol. The van der Waals surface area contributed by atoms with Crippen molar-refractivity contribution in [2.24, 2.45) is 0 Å². The number of anilines is 1. The third kappa shape index (κ3) is 9.81. The normalized spacial score (nSPS) is 21.1. The van der Waals surface area contributed by atoms with Crippen molar-refractivity contribution >= 4 is 30.5 Å². The highest BCUT2D eigenvalue weighted by atomic mass is 31.2. The second-order valence-corrected chi connectivity index (χ2v) is 18.6. The number of rotatable bonds is 18. The Kier molecular flexibility index (Phi) is 14.2. The van der Waals surface area contributed by atoms with Gasteiger partial charge in [0.25, 0.3) is 11.5 Å². The van der Waals surface area contributed by atoms with Crippen molar-refractivity contribution in [3.8, 4) is 11.5 Å². The molecular weight excluding hydrogens is 926 g/mol. The molecule has 0 saturated carbocycles. The molecule has 7 aromatic rings. The van der Waals surface area contributed by atoms with Crippen LogP contribution in [0.25, 0.3) is 11.2 Å². The third-order valence-corrected chi connectivity index (χ3v) is 13.8. The minimum Gasteiger partial charge on any atom is -0.497 e. The highest BCUT2D eigenvalue weighted by Crippen LogP contribution is 2.53. The summed E-state index contributed by atoms with van der Waals surface area (Å²) < 4.78 is 66.4. The average Bonchev–Trinajstić information content (AvgIpc) is 4.12. The van der Waals surface area contributed by atoms with Gasteiger partial charge in [-0.25, -0.2) is 19.7 Å². The largest absolute Gasteiger partial charge is 0.497 e. The maximum absolute atomic E-state index is 14.7. The lowest BCUT2D eigenvalue weighted by Crippen LogP contribution is -2.38. The summed E-state index contributed by atoms with van der Waals surface area (Å²) in [5.41, 5.74) is 1.03. The van der Waals surface area contributed by atoms with Crippen molar-refractivity contribution in [1.82, 2.24) is 29.1 Å². The molecule has 70 heavy (non-hydrogen) atoms. The second kappa shape index (κ2) is 20.6. The number of nitrogens with one attached hydrogen (secondary N) is 2. The second-order valence-electron chi connectivity index (χ2n) is 16.5. The summed E-state index contributed by atoms with van der Waals surface area (Å²) in [5.74, 6) is 1.06. The Balaban J connectivity index is 1.04. The van der Waals surface area contributed by atoms with E-state index in [1.165, 1.54) is 32.9 Å². The SMILES string of the molecule is COc1ccc(C(OC[C@H]2O[C@@H](n3cnc4c(NC(=O)c5ccccc5)ncnc43)C[C@H]2OP(=O)(CO[C@H]2O[C@@H](n3cc(C)c(=O)[nH]c3=O)C[C@H]2O)OC)(c2ccccc2)c2ccc(OC)cc2)cc1. The van der Waals surface area contributed by atoms with E-state index in [0.717, 1.165) is 21.3 Å². The number of hydrogen-bond donors (Lipinski definition) is 3. The van der Waals surface area contributed by atoms with Gasteiger partial charge in [0, 0.05) is 37.3 Å². The fourth-order valence-electron chi connectivity index (χ4n) is 8.58. The van der Waals surface area contributed by atoms with Crippen molar-refractivity contribution in [3.63, 3.8) is 0 Å². The summed E-state index contributed by atoms with van der Waals surface area (Å²) in [4.78, 5) is 53.5. The van der Waals surface area contributed by atoms with E-state index in [-0.39, 0.29) is 30.8 Å². The maximum atomic E-state index is 14.7. The number of imidazole rings is 1. The van der Waals surface area contributed by atoms with Crippen LogP contribution in [0.2, 0.25) is 0 Å². The quantitative estimate of drug-likeness (QED) is 0.0655. The molecule has 3 N–H and O–H groups in total. The summed E-state index contributed by atoms with van der Waals surface area (Å²) >= 11 is 0. The first-order valence-electron chi connectivity index (χ1n) is 22.2. The molecule has 20 nitrogen and oxygen atoms in total.